The largest absolute Gasteiger partial charge is 0.573 e. The number of ether oxygens (including phenoxy) is 2. The van der Waals surface area contributed by atoms with E-state index in [0.29, 0.717) is 29.5 Å². The summed E-state index contributed by atoms with van der Waals surface area (Å²) in [5.41, 5.74) is -1.09. The van der Waals surface area contributed by atoms with Crippen LogP contribution in [-0.2, 0) is 42.2 Å². The van der Waals surface area contributed by atoms with Crippen molar-refractivity contribution in [3.63, 3.8) is 0 Å². The van der Waals surface area contributed by atoms with Gasteiger partial charge in [-0.2, -0.15) is 0 Å². The number of benzene rings is 2. The second-order valence-electron chi connectivity index (χ2n) is 15.1. The minimum absolute atomic E-state index is 0.0227. The second kappa shape index (κ2) is 14.1. The van der Waals surface area contributed by atoms with E-state index >= 15 is 0 Å². The van der Waals surface area contributed by atoms with Crippen molar-refractivity contribution in [2.45, 2.75) is 102 Å². The van der Waals surface area contributed by atoms with E-state index in [-0.39, 0.29) is 38.2 Å². The molecule has 4 atom stereocenters. The van der Waals surface area contributed by atoms with Crippen molar-refractivity contribution in [2.75, 3.05) is 11.9 Å². The number of alkyl halides is 3. The first kappa shape index (κ1) is 38.8. The molecule has 4 amide bonds. The molecular formula is C36H41F4N5O8S. The molecule has 0 radical (unpaired) electrons. The van der Waals surface area contributed by atoms with E-state index in [4.69, 9.17) is 4.74 Å². The molecule has 2 heterocycles. The molecule has 2 aromatic rings. The summed E-state index contributed by atoms with van der Waals surface area (Å²) in [5, 5.41) is 4.93. The highest BCUT2D eigenvalue weighted by molar-refractivity contribution is 7.91. The first-order valence-corrected chi connectivity index (χ1v) is 18.9. The Morgan fingerprint density at radius 3 is 2.35 bits per heavy atom. The van der Waals surface area contributed by atoms with Crippen molar-refractivity contribution in [1.82, 2.24) is 19.8 Å². The van der Waals surface area contributed by atoms with Crippen LogP contribution in [0.2, 0.25) is 0 Å². The Balaban J connectivity index is 1.25. The Bertz CT molecular complexity index is 2000. The summed E-state index contributed by atoms with van der Waals surface area (Å²) in [5.74, 6) is -3.43. The number of carbonyl (C=O) groups is 4. The van der Waals surface area contributed by atoms with Crippen LogP contribution in [0.5, 0.6) is 5.75 Å². The zero-order valence-electron chi connectivity index (χ0n) is 30.0. The first-order valence-electron chi connectivity index (χ1n) is 17.4. The van der Waals surface area contributed by atoms with Gasteiger partial charge in [0.2, 0.25) is 21.8 Å². The summed E-state index contributed by atoms with van der Waals surface area (Å²) in [6.07, 6.45) is -4.62. The molecule has 2 aliphatic carbocycles. The number of allylic oxidation sites excluding steroid dienone is 1. The number of nitrogens with one attached hydrogen (secondary N) is 3. The quantitative estimate of drug-likeness (QED) is 0.233. The third kappa shape index (κ3) is 8.27. The number of amides is 4. The lowest BCUT2D eigenvalue weighted by Crippen LogP contribution is -2.58. The van der Waals surface area contributed by atoms with Gasteiger partial charge in [0.25, 0.3) is 5.91 Å². The molecule has 18 heteroatoms. The third-order valence-corrected chi connectivity index (χ3v) is 11.8. The van der Waals surface area contributed by atoms with E-state index in [9.17, 15) is 45.2 Å². The Labute approximate surface area is 309 Å². The van der Waals surface area contributed by atoms with Gasteiger partial charge in [0.05, 0.1) is 18.3 Å². The Hall–Kier alpha value is -4.87. The number of carbonyl (C=O) groups excluding carboxylic acids is 4. The number of nitrogens with zero attached hydrogens (tertiary/aromatic N) is 2. The topological polar surface area (TPSA) is 163 Å². The molecule has 2 aromatic carbocycles. The number of halogens is 4. The van der Waals surface area contributed by atoms with Gasteiger partial charge in [-0.15, -0.1) is 13.2 Å². The van der Waals surface area contributed by atoms with E-state index < -0.39 is 86.2 Å². The molecule has 0 spiro atoms. The number of sulfonamides is 1. The molecule has 54 heavy (non-hydrogen) atoms. The van der Waals surface area contributed by atoms with E-state index in [1.54, 1.807) is 39.8 Å². The van der Waals surface area contributed by atoms with Crippen molar-refractivity contribution < 1.29 is 54.6 Å². The first-order chi connectivity index (χ1) is 25.2. The van der Waals surface area contributed by atoms with Gasteiger partial charge < -0.3 is 25.0 Å². The number of rotatable bonds is 10. The van der Waals surface area contributed by atoms with Crippen molar-refractivity contribution in [3.05, 3.63) is 71.1 Å². The smallest absolute Gasteiger partial charge is 0.444 e. The second-order valence-corrected chi connectivity index (χ2v) is 17.0. The molecule has 2 saturated carbocycles. The van der Waals surface area contributed by atoms with Crippen LogP contribution in [0.4, 0.5) is 28.0 Å². The van der Waals surface area contributed by atoms with Gasteiger partial charge in [-0.1, -0.05) is 45.0 Å². The van der Waals surface area contributed by atoms with Gasteiger partial charge in [-0.05, 0) is 54.5 Å². The average molecular weight is 780 g/mol. The summed E-state index contributed by atoms with van der Waals surface area (Å²) in [4.78, 5) is 57.9. The SMILES string of the molecule is C/C=C1\C[C@]1(NC(=O)[C@@H]1C[C@@H](OC(=O)N2Cc3cccc(F)c3C2)CN1C(=O)[C@@H](Nc1cccc(OC(F)(F)F)c1)C(C)(C)C)C(=O)NS(=O)(=O)C1CC1. The molecule has 3 fully saturated rings. The van der Waals surface area contributed by atoms with Crippen LogP contribution in [0, 0.1) is 11.2 Å². The van der Waals surface area contributed by atoms with Crippen molar-refractivity contribution in [1.29, 1.82) is 0 Å². The lowest BCUT2D eigenvalue weighted by Gasteiger charge is -2.36. The monoisotopic (exact) mass is 779 g/mol. The van der Waals surface area contributed by atoms with Gasteiger partial charge in [-0.25, -0.2) is 17.6 Å². The van der Waals surface area contributed by atoms with Gasteiger partial charge in [0.15, 0.2) is 0 Å². The number of fused-ring (bicyclic) bond motifs is 1. The zero-order valence-corrected chi connectivity index (χ0v) is 30.8. The van der Waals surface area contributed by atoms with Crippen LogP contribution in [0.25, 0.3) is 0 Å². The highest BCUT2D eigenvalue weighted by Crippen LogP contribution is 2.44. The molecule has 0 bridgehead atoms. The number of anilines is 1. The van der Waals surface area contributed by atoms with Crippen LogP contribution in [0.1, 0.15) is 64.5 Å². The lowest BCUT2D eigenvalue weighted by molar-refractivity contribution is -0.274. The maximum absolute atomic E-state index is 14.5. The van der Waals surface area contributed by atoms with Crippen LogP contribution >= 0.6 is 0 Å². The van der Waals surface area contributed by atoms with E-state index in [2.05, 4.69) is 20.1 Å². The minimum Gasteiger partial charge on any atom is -0.444 e. The van der Waals surface area contributed by atoms with Crippen LogP contribution in [-0.4, -0.2) is 83.9 Å². The predicted octanol–water partition coefficient (Wildman–Crippen LogP) is 4.49. The summed E-state index contributed by atoms with van der Waals surface area (Å²) >= 11 is 0. The van der Waals surface area contributed by atoms with E-state index in [1.807, 2.05) is 0 Å². The van der Waals surface area contributed by atoms with Crippen LogP contribution in [0.15, 0.2) is 54.1 Å². The number of likely N-dealkylation sites (tertiary alicyclic amines) is 1. The van der Waals surface area contributed by atoms with Crippen molar-refractivity contribution >= 4 is 39.5 Å². The molecular weight excluding hydrogens is 738 g/mol. The minimum atomic E-state index is -4.96. The Morgan fingerprint density at radius 2 is 1.74 bits per heavy atom. The molecule has 4 aliphatic rings. The fraction of sp³-hybridized carbons (Fsp3) is 0.500. The fourth-order valence-electron chi connectivity index (χ4n) is 6.84. The maximum atomic E-state index is 14.5. The average Bonchev–Trinajstić information content (AvgIpc) is 3.96. The number of hydrogen-bond acceptors (Lipinski definition) is 9. The summed E-state index contributed by atoms with van der Waals surface area (Å²) in [7, 11) is -3.97. The van der Waals surface area contributed by atoms with Crippen molar-refractivity contribution in [2.24, 2.45) is 5.41 Å². The highest BCUT2D eigenvalue weighted by atomic mass is 32.2. The molecule has 0 aromatic heterocycles. The summed E-state index contributed by atoms with van der Waals surface area (Å²) in [6, 6.07) is 6.91. The van der Waals surface area contributed by atoms with E-state index in [0.717, 1.165) is 12.1 Å². The van der Waals surface area contributed by atoms with Gasteiger partial charge in [0.1, 0.15) is 35.3 Å². The third-order valence-electron chi connectivity index (χ3n) is 9.94. The molecule has 2 aliphatic heterocycles. The maximum Gasteiger partial charge on any atom is 0.573 e. The summed E-state index contributed by atoms with van der Waals surface area (Å²) < 4.78 is 90.5. The molecule has 0 unspecified atom stereocenters. The van der Waals surface area contributed by atoms with Gasteiger partial charge in [0, 0.05) is 36.7 Å². The molecule has 6 rings (SSSR count). The summed E-state index contributed by atoms with van der Waals surface area (Å²) in [6.45, 7) is 6.47. The Kier molecular flexibility index (Phi) is 10.1. The number of hydrogen-bond donors (Lipinski definition) is 3. The molecule has 3 N–H and O–H groups in total. The normalized spacial score (nSPS) is 23.7. The predicted molar refractivity (Wildman–Crippen MR) is 185 cm³/mol. The zero-order chi connectivity index (χ0) is 39.4. The van der Waals surface area contributed by atoms with Crippen molar-refractivity contribution in [3.8, 4) is 5.75 Å². The molecule has 1 saturated heterocycles. The molecule has 292 valence electrons. The Morgan fingerprint density at radius 1 is 1.04 bits per heavy atom. The van der Waals surface area contributed by atoms with E-state index in [1.165, 1.54) is 34.1 Å². The fourth-order valence-corrected chi connectivity index (χ4v) is 8.19. The highest BCUT2D eigenvalue weighted by Gasteiger charge is 2.59. The van der Waals surface area contributed by atoms with Gasteiger partial charge >= 0.3 is 12.5 Å². The van der Waals surface area contributed by atoms with Crippen LogP contribution < -0.4 is 20.1 Å². The standard InChI is InChI=1S/C36H41F4N5O8S/c1-5-21-16-35(21,32(48)43-54(50,51)25-12-13-25)42-30(46)28-15-24(52-33(49)44-17-20-8-6-11-27(37)26(20)19-44)18-45(28)31(47)29(34(2,3)4)41-22-9-7-10-23(14-22)53-36(38,39)40/h5-11,14,24-25,28-29,41H,12-13,15-19H2,1-4H3,(H,42,46)(H,43,48)/b21-5+/t24-,28+,29-,35-/m1/s1. The lowest BCUT2D eigenvalue weighted by atomic mass is 9.85. The van der Waals surface area contributed by atoms with Gasteiger partial charge in [-0.3, -0.25) is 24.0 Å². The molecule has 13 nitrogen and oxygen atoms in total. The van der Waals surface area contributed by atoms with Crippen LogP contribution in [0.3, 0.4) is 0 Å².